The molecule has 1 aliphatic rings. The van der Waals surface area contributed by atoms with E-state index < -0.39 is 21.8 Å². The van der Waals surface area contributed by atoms with Crippen LogP contribution in [0, 0.1) is 5.92 Å². The fourth-order valence-electron chi connectivity index (χ4n) is 3.73. The summed E-state index contributed by atoms with van der Waals surface area (Å²) in [5.41, 5.74) is 0.973. The molecule has 0 aliphatic carbocycles. The molecule has 1 aliphatic heterocycles. The first kappa shape index (κ1) is 24.9. The summed E-state index contributed by atoms with van der Waals surface area (Å²) in [4.78, 5) is 23.2. The number of aryl methyl sites for hydroxylation is 1. The average molecular weight is 545 g/mol. The Balaban J connectivity index is 1.45. The first-order valence-corrected chi connectivity index (χ1v) is 13.6. The summed E-state index contributed by atoms with van der Waals surface area (Å²) in [6.45, 7) is 2.51. The van der Waals surface area contributed by atoms with Crippen LogP contribution in [0.15, 0.2) is 33.2 Å². The van der Waals surface area contributed by atoms with Crippen LogP contribution in [0.4, 0.5) is 5.82 Å². The molecular weight excluding hydrogens is 523 g/mol. The number of pyridine rings is 1. The number of carbonyl (C=O) groups excluding carboxylic acids is 1. The maximum atomic E-state index is 12.6. The fourth-order valence-corrected chi connectivity index (χ4v) is 6.59. The minimum absolute atomic E-state index is 0.00649. The lowest BCUT2D eigenvalue weighted by molar-refractivity contribution is -0.123. The summed E-state index contributed by atoms with van der Waals surface area (Å²) in [6.07, 6.45) is 4.71. The number of rotatable bonds is 7. The van der Waals surface area contributed by atoms with Crippen LogP contribution >= 0.6 is 34.5 Å². The van der Waals surface area contributed by atoms with Gasteiger partial charge < -0.3 is 14.4 Å². The molecule has 34 heavy (non-hydrogen) atoms. The number of aromatic nitrogens is 2. The number of halogens is 2. The lowest BCUT2D eigenvalue weighted by Gasteiger charge is -2.33. The van der Waals surface area contributed by atoms with Gasteiger partial charge in [0, 0.05) is 37.2 Å². The number of piperidine rings is 1. The van der Waals surface area contributed by atoms with Crippen LogP contribution in [0.2, 0.25) is 9.36 Å². The van der Waals surface area contributed by atoms with Crippen molar-refractivity contribution in [2.45, 2.75) is 37.0 Å². The zero-order valence-electron chi connectivity index (χ0n) is 18.1. The minimum Gasteiger partial charge on any atom is -0.441 e. The van der Waals surface area contributed by atoms with Crippen molar-refractivity contribution in [3.63, 3.8) is 0 Å². The van der Waals surface area contributed by atoms with Gasteiger partial charge in [0.25, 0.3) is 10.0 Å². The van der Waals surface area contributed by atoms with Crippen molar-refractivity contribution in [3.8, 4) is 11.5 Å². The number of hydrogen-bond donors (Lipinski definition) is 2. The molecule has 0 spiro atoms. The van der Waals surface area contributed by atoms with E-state index in [2.05, 4.69) is 14.7 Å². The Morgan fingerprint density at radius 1 is 1.26 bits per heavy atom. The van der Waals surface area contributed by atoms with Crippen LogP contribution in [-0.2, 0) is 27.8 Å². The third-order valence-electron chi connectivity index (χ3n) is 5.61. The summed E-state index contributed by atoms with van der Waals surface area (Å²) in [6, 6.07) is 2.83. The van der Waals surface area contributed by atoms with Gasteiger partial charge in [0.2, 0.25) is 11.8 Å². The second kappa shape index (κ2) is 10.2. The van der Waals surface area contributed by atoms with Crippen LogP contribution in [0.25, 0.3) is 11.5 Å². The number of aliphatic hydroxyl groups excluding tert-OH is 1. The highest BCUT2D eigenvalue weighted by Gasteiger charge is 2.31. The highest BCUT2D eigenvalue weighted by Crippen LogP contribution is 2.36. The molecule has 4 rings (SSSR count). The Hall–Kier alpha value is -2.18. The minimum atomic E-state index is -3.96. The van der Waals surface area contributed by atoms with Gasteiger partial charge in [-0.1, -0.05) is 30.1 Å². The molecule has 0 aromatic carbocycles. The zero-order valence-corrected chi connectivity index (χ0v) is 21.3. The van der Waals surface area contributed by atoms with Crippen LogP contribution in [0.3, 0.4) is 0 Å². The number of carbonyl (C=O) groups is 1. The van der Waals surface area contributed by atoms with Gasteiger partial charge in [-0.2, -0.15) is 0 Å². The predicted molar refractivity (Wildman–Crippen MR) is 130 cm³/mol. The highest BCUT2D eigenvalue weighted by molar-refractivity contribution is 7.92. The number of nitrogens with one attached hydrogen (secondary N) is 1. The molecule has 3 aromatic heterocycles. The summed E-state index contributed by atoms with van der Waals surface area (Å²) in [7, 11) is -3.96. The molecule has 0 atom stereocenters. The molecule has 0 radical (unpaired) electrons. The monoisotopic (exact) mass is 544 g/mol. The van der Waals surface area contributed by atoms with Crippen molar-refractivity contribution >= 4 is 56.3 Å². The summed E-state index contributed by atoms with van der Waals surface area (Å²) >= 11 is 13.3. The van der Waals surface area contributed by atoms with Crippen molar-refractivity contribution in [2.75, 3.05) is 18.0 Å². The van der Waals surface area contributed by atoms with Crippen molar-refractivity contribution in [3.05, 3.63) is 45.2 Å². The van der Waals surface area contributed by atoms with E-state index >= 15 is 0 Å². The Kier molecular flexibility index (Phi) is 7.48. The Morgan fingerprint density at radius 2 is 2.00 bits per heavy atom. The third-order valence-corrected chi connectivity index (χ3v) is 9.07. The molecule has 9 nitrogen and oxygen atoms in total. The van der Waals surface area contributed by atoms with Crippen LogP contribution in [0.1, 0.15) is 31.1 Å². The van der Waals surface area contributed by atoms with E-state index in [0.29, 0.717) is 65.3 Å². The second-order valence-electron chi connectivity index (χ2n) is 7.72. The number of sulfonamides is 1. The molecule has 2 N–H and O–H groups in total. The van der Waals surface area contributed by atoms with E-state index in [4.69, 9.17) is 27.6 Å². The van der Waals surface area contributed by atoms with Crippen LogP contribution in [0.5, 0.6) is 0 Å². The number of thiophene rings is 1. The first-order chi connectivity index (χ1) is 16.2. The maximum absolute atomic E-state index is 12.6. The number of anilines is 1. The molecule has 13 heteroatoms. The molecule has 0 unspecified atom stereocenters. The van der Waals surface area contributed by atoms with E-state index in [0.717, 1.165) is 11.3 Å². The quantitative estimate of drug-likeness (QED) is 0.458. The van der Waals surface area contributed by atoms with Crippen molar-refractivity contribution < 1.29 is 22.7 Å². The zero-order chi connectivity index (χ0) is 24.5. The van der Waals surface area contributed by atoms with E-state index in [9.17, 15) is 18.3 Å². The van der Waals surface area contributed by atoms with Gasteiger partial charge in [0.15, 0.2) is 0 Å². The first-order valence-electron chi connectivity index (χ1n) is 10.5. The molecule has 182 valence electrons. The van der Waals surface area contributed by atoms with Gasteiger partial charge in [0.1, 0.15) is 15.8 Å². The second-order valence-corrected chi connectivity index (χ2v) is 11.7. The number of aliphatic hydroxyl groups is 1. The normalized spacial score (nSPS) is 15.0. The molecule has 0 saturated carbocycles. The van der Waals surface area contributed by atoms with Crippen molar-refractivity contribution in [1.29, 1.82) is 0 Å². The van der Waals surface area contributed by atoms with Crippen LogP contribution < -0.4 is 9.62 Å². The van der Waals surface area contributed by atoms with Crippen LogP contribution in [-0.4, -0.2) is 42.5 Å². The van der Waals surface area contributed by atoms with E-state index in [1.54, 1.807) is 12.4 Å². The largest absolute Gasteiger partial charge is 0.441 e. The smallest absolute Gasteiger partial charge is 0.273 e. The summed E-state index contributed by atoms with van der Waals surface area (Å²) in [5, 5.41) is 10.2. The van der Waals surface area contributed by atoms with E-state index in [1.165, 1.54) is 12.1 Å². The predicted octanol–water partition coefficient (Wildman–Crippen LogP) is 3.88. The number of oxazole rings is 1. The highest BCUT2D eigenvalue weighted by atomic mass is 35.5. The molecular formula is C21H22Cl2N4O5S2. The summed E-state index contributed by atoms with van der Waals surface area (Å²) < 4.78 is 33.0. The molecule has 1 amide bonds. The molecule has 1 saturated heterocycles. The van der Waals surface area contributed by atoms with Gasteiger partial charge in [-0.25, -0.2) is 23.1 Å². The Morgan fingerprint density at radius 3 is 2.59 bits per heavy atom. The maximum Gasteiger partial charge on any atom is 0.273 e. The number of amides is 1. The summed E-state index contributed by atoms with van der Waals surface area (Å²) in [5.74, 6) is 0.507. The molecule has 3 aromatic rings. The third kappa shape index (κ3) is 5.08. The van der Waals surface area contributed by atoms with Gasteiger partial charge in [-0.15, -0.1) is 11.3 Å². The Labute approximate surface area is 210 Å². The van der Waals surface area contributed by atoms with E-state index in [1.807, 2.05) is 11.8 Å². The van der Waals surface area contributed by atoms with Gasteiger partial charge in [0.05, 0.1) is 27.7 Å². The van der Waals surface area contributed by atoms with Crippen molar-refractivity contribution in [2.24, 2.45) is 5.92 Å². The topological polar surface area (TPSA) is 126 Å². The SMILES string of the molecule is CCc1cnc(-c2cnc(N3CCC(C(=O)NS(=O)(=O)c4ccc(Cl)s4)CC3)c(Cl)c2CO)o1. The van der Waals surface area contributed by atoms with Gasteiger partial charge >= 0.3 is 0 Å². The molecule has 4 heterocycles. The van der Waals surface area contributed by atoms with E-state index in [-0.39, 0.29) is 15.8 Å². The molecule has 1 fully saturated rings. The fraction of sp³-hybridized carbons (Fsp3) is 0.381. The lowest BCUT2D eigenvalue weighted by Crippen LogP contribution is -2.42. The average Bonchev–Trinajstić information content (AvgIpc) is 3.48. The van der Waals surface area contributed by atoms with Crippen molar-refractivity contribution in [1.82, 2.24) is 14.7 Å². The van der Waals surface area contributed by atoms with Gasteiger partial charge in [-0.3, -0.25) is 4.79 Å². The lowest BCUT2D eigenvalue weighted by atomic mass is 9.96. The Bertz CT molecular complexity index is 1300. The standard InChI is InChI=1S/C21H22Cl2N4O5S2/c1-2-13-9-25-21(32-13)14-10-24-19(18(23)15(14)11-28)27-7-5-12(6-8-27)20(29)26-34(30,31)17-4-3-16(22)33-17/h3-4,9-10,12,28H,2,5-8,11H2,1H3,(H,26,29). The molecule has 0 bridgehead atoms. The van der Waals surface area contributed by atoms with Gasteiger partial charge in [-0.05, 0) is 25.0 Å². The number of nitrogens with zero attached hydrogens (tertiary/aromatic N) is 3. The number of hydrogen-bond acceptors (Lipinski definition) is 9.